The van der Waals surface area contributed by atoms with E-state index in [1.807, 2.05) is 26.8 Å². The number of amides is 3. The molecule has 6 heteroatoms. The van der Waals surface area contributed by atoms with E-state index in [0.29, 0.717) is 24.1 Å². The van der Waals surface area contributed by atoms with Crippen LogP contribution in [0.5, 0.6) is 0 Å². The van der Waals surface area contributed by atoms with Crippen LogP contribution in [0.2, 0.25) is 0 Å². The Morgan fingerprint density at radius 3 is 2.59 bits per heavy atom. The minimum absolute atomic E-state index is 0.0306. The molecule has 0 bridgehead atoms. The first-order valence-corrected chi connectivity index (χ1v) is 8.99. The van der Waals surface area contributed by atoms with Gasteiger partial charge in [0.2, 0.25) is 5.91 Å². The summed E-state index contributed by atoms with van der Waals surface area (Å²) in [5, 5.41) is 5.67. The molecule has 0 aromatic heterocycles. The molecule has 1 aliphatic rings. The van der Waals surface area contributed by atoms with Crippen LogP contribution in [0.25, 0.3) is 0 Å². The Labute approximate surface area is 158 Å². The lowest BCUT2D eigenvalue weighted by Gasteiger charge is -2.30. The third-order valence-electron chi connectivity index (χ3n) is 4.31. The van der Waals surface area contributed by atoms with Crippen molar-refractivity contribution in [3.8, 4) is 0 Å². The lowest BCUT2D eigenvalue weighted by molar-refractivity contribution is -0.119. The molecular weight excluding hydrogens is 345 g/mol. The van der Waals surface area contributed by atoms with Gasteiger partial charge in [-0.05, 0) is 57.0 Å². The van der Waals surface area contributed by atoms with Crippen molar-refractivity contribution in [1.29, 1.82) is 0 Å². The van der Waals surface area contributed by atoms with Crippen molar-refractivity contribution in [3.63, 3.8) is 0 Å². The molecule has 5 nitrogen and oxygen atoms in total. The Morgan fingerprint density at radius 2 is 1.89 bits per heavy atom. The van der Waals surface area contributed by atoms with Crippen molar-refractivity contribution in [1.82, 2.24) is 5.32 Å². The van der Waals surface area contributed by atoms with Crippen LogP contribution >= 0.6 is 0 Å². The second-order valence-electron chi connectivity index (χ2n) is 7.74. The van der Waals surface area contributed by atoms with Gasteiger partial charge in [0, 0.05) is 28.9 Å². The average molecular weight is 369 g/mol. The summed E-state index contributed by atoms with van der Waals surface area (Å²) in [5.41, 5.74) is 2.53. The van der Waals surface area contributed by atoms with Gasteiger partial charge in [0.1, 0.15) is 5.82 Å². The van der Waals surface area contributed by atoms with Crippen LogP contribution in [-0.2, 0) is 17.8 Å². The molecule has 2 aromatic carbocycles. The highest BCUT2D eigenvalue weighted by atomic mass is 19.1. The second-order valence-corrected chi connectivity index (χ2v) is 7.74. The molecule has 0 saturated carbocycles. The summed E-state index contributed by atoms with van der Waals surface area (Å²) in [7, 11) is 0. The minimum Gasteiger partial charge on any atom is -0.333 e. The van der Waals surface area contributed by atoms with Crippen molar-refractivity contribution >= 4 is 23.3 Å². The lowest BCUT2D eigenvalue weighted by atomic mass is 9.99. The van der Waals surface area contributed by atoms with E-state index in [1.165, 1.54) is 6.07 Å². The summed E-state index contributed by atoms with van der Waals surface area (Å²) >= 11 is 0. The Kier molecular flexibility index (Phi) is 5.17. The number of fused-ring (bicyclic) bond motifs is 1. The number of hydrogen-bond donors (Lipinski definition) is 2. The third-order valence-corrected chi connectivity index (χ3v) is 4.31. The SMILES string of the molecule is CC(C)(C)NC(=O)Nc1ccc2c(c1)CCC(=O)N2Cc1ccccc1F. The first kappa shape index (κ1) is 18.9. The molecule has 142 valence electrons. The number of rotatable bonds is 3. The van der Waals surface area contributed by atoms with Crippen molar-refractivity contribution in [2.24, 2.45) is 0 Å². The highest BCUT2D eigenvalue weighted by Gasteiger charge is 2.25. The molecule has 1 aliphatic heterocycles. The largest absolute Gasteiger partial charge is 0.333 e. The van der Waals surface area contributed by atoms with Crippen LogP contribution in [0, 0.1) is 5.82 Å². The number of carbonyl (C=O) groups excluding carboxylic acids is 2. The molecule has 1 heterocycles. The number of halogens is 1. The molecule has 2 aromatic rings. The van der Waals surface area contributed by atoms with Gasteiger partial charge in [-0.15, -0.1) is 0 Å². The van der Waals surface area contributed by atoms with Gasteiger partial charge in [0.15, 0.2) is 0 Å². The molecule has 0 spiro atoms. The second kappa shape index (κ2) is 7.39. The smallest absolute Gasteiger partial charge is 0.319 e. The quantitative estimate of drug-likeness (QED) is 0.851. The van der Waals surface area contributed by atoms with Gasteiger partial charge in [-0.25, -0.2) is 9.18 Å². The maximum atomic E-state index is 14.0. The van der Waals surface area contributed by atoms with Gasteiger partial charge in [0.25, 0.3) is 0 Å². The van der Waals surface area contributed by atoms with Crippen LogP contribution in [0.1, 0.15) is 38.3 Å². The summed E-state index contributed by atoms with van der Waals surface area (Å²) in [4.78, 5) is 26.1. The number of hydrogen-bond acceptors (Lipinski definition) is 2. The van der Waals surface area contributed by atoms with E-state index in [1.54, 1.807) is 35.2 Å². The molecule has 0 saturated heterocycles. The van der Waals surface area contributed by atoms with E-state index in [2.05, 4.69) is 10.6 Å². The lowest BCUT2D eigenvalue weighted by Crippen LogP contribution is -2.43. The average Bonchev–Trinajstić information content (AvgIpc) is 2.57. The highest BCUT2D eigenvalue weighted by Crippen LogP contribution is 2.32. The molecule has 27 heavy (non-hydrogen) atoms. The predicted molar refractivity (Wildman–Crippen MR) is 104 cm³/mol. The van der Waals surface area contributed by atoms with Crippen LogP contribution < -0.4 is 15.5 Å². The Bertz CT molecular complexity index is 874. The molecule has 0 radical (unpaired) electrons. The van der Waals surface area contributed by atoms with Crippen molar-refractivity contribution < 1.29 is 14.0 Å². The fourth-order valence-corrected chi connectivity index (χ4v) is 3.11. The van der Waals surface area contributed by atoms with E-state index in [0.717, 1.165) is 11.3 Å². The van der Waals surface area contributed by atoms with Crippen LogP contribution in [0.15, 0.2) is 42.5 Å². The van der Waals surface area contributed by atoms with Crippen LogP contribution in [0.3, 0.4) is 0 Å². The molecule has 0 aliphatic carbocycles. The van der Waals surface area contributed by atoms with E-state index >= 15 is 0 Å². The Hall–Kier alpha value is -2.89. The van der Waals surface area contributed by atoms with E-state index in [-0.39, 0.29) is 29.8 Å². The van der Waals surface area contributed by atoms with Crippen LogP contribution in [0.4, 0.5) is 20.6 Å². The monoisotopic (exact) mass is 369 g/mol. The van der Waals surface area contributed by atoms with Gasteiger partial charge in [-0.1, -0.05) is 18.2 Å². The molecular formula is C21H24FN3O2. The fourth-order valence-electron chi connectivity index (χ4n) is 3.11. The Morgan fingerprint density at radius 1 is 1.15 bits per heavy atom. The number of anilines is 2. The zero-order chi connectivity index (χ0) is 19.6. The van der Waals surface area contributed by atoms with E-state index in [4.69, 9.17) is 0 Å². The molecule has 3 rings (SSSR count). The van der Waals surface area contributed by atoms with E-state index in [9.17, 15) is 14.0 Å². The maximum Gasteiger partial charge on any atom is 0.319 e. The van der Waals surface area contributed by atoms with Gasteiger partial charge in [-0.2, -0.15) is 0 Å². The van der Waals surface area contributed by atoms with Crippen LogP contribution in [-0.4, -0.2) is 17.5 Å². The molecule has 3 amide bonds. The molecule has 0 unspecified atom stereocenters. The topological polar surface area (TPSA) is 61.4 Å². The zero-order valence-corrected chi connectivity index (χ0v) is 15.8. The van der Waals surface area contributed by atoms with Gasteiger partial charge in [0.05, 0.1) is 6.54 Å². The summed E-state index contributed by atoms with van der Waals surface area (Å²) in [6.07, 6.45) is 0.956. The number of nitrogens with one attached hydrogen (secondary N) is 2. The fraction of sp³-hybridized carbons (Fsp3) is 0.333. The minimum atomic E-state index is -0.332. The summed E-state index contributed by atoms with van der Waals surface area (Å²) in [5.74, 6) is -0.355. The van der Waals surface area contributed by atoms with Gasteiger partial charge < -0.3 is 15.5 Å². The first-order valence-electron chi connectivity index (χ1n) is 8.99. The van der Waals surface area contributed by atoms with Crippen molar-refractivity contribution in [3.05, 3.63) is 59.4 Å². The third kappa shape index (κ3) is 4.64. The standard InChI is InChI=1S/C21H24FN3O2/c1-21(2,3)24-20(27)23-16-9-10-18-14(12-16)8-11-19(26)25(18)13-15-6-4-5-7-17(15)22/h4-7,9-10,12H,8,11,13H2,1-3H3,(H2,23,24,27). The first-order chi connectivity index (χ1) is 12.7. The van der Waals surface area contributed by atoms with E-state index < -0.39 is 0 Å². The Balaban J connectivity index is 1.81. The number of urea groups is 1. The normalized spacial score (nSPS) is 13.9. The number of aryl methyl sites for hydroxylation is 1. The summed E-state index contributed by atoms with van der Waals surface area (Å²) in [6, 6.07) is 11.6. The van der Waals surface area contributed by atoms with Gasteiger partial charge in [-0.3, -0.25) is 4.79 Å². The van der Waals surface area contributed by atoms with Gasteiger partial charge >= 0.3 is 6.03 Å². The number of nitrogens with zero attached hydrogens (tertiary/aromatic N) is 1. The predicted octanol–water partition coefficient (Wildman–Crippen LogP) is 4.23. The van der Waals surface area contributed by atoms with Crippen molar-refractivity contribution in [2.75, 3.05) is 10.2 Å². The number of carbonyl (C=O) groups is 2. The molecule has 0 fully saturated rings. The maximum absolute atomic E-state index is 14.0. The molecule has 0 atom stereocenters. The summed E-state index contributed by atoms with van der Waals surface area (Å²) in [6.45, 7) is 5.92. The molecule has 2 N–H and O–H groups in total. The highest BCUT2D eigenvalue weighted by molar-refractivity contribution is 5.97. The summed E-state index contributed by atoms with van der Waals surface area (Å²) < 4.78 is 14.0. The number of benzene rings is 2. The van der Waals surface area contributed by atoms with Crippen molar-refractivity contribution in [2.45, 2.75) is 45.7 Å². The zero-order valence-electron chi connectivity index (χ0n) is 15.8.